The van der Waals surface area contributed by atoms with Crippen molar-refractivity contribution in [2.75, 3.05) is 4.90 Å². The number of carbonyl (C=O) groups is 2. The number of fused-ring (bicyclic) bond motifs is 1. The molecule has 1 aliphatic heterocycles. The number of anilines is 1. The predicted octanol–water partition coefficient (Wildman–Crippen LogP) is 3.17. The molecular weight excluding hydrogens is 346 g/mol. The highest BCUT2D eigenvalue weighted by Crippen LogP contribution is 2.36. The average Bonchev–Trinajstić information content (AvgIpc) is 3.18. The van der Waals surface area contributed by atoms with Crippen molar-refractivity contribution < 1.29 is 9.59 Å². The van der Waals surface area contributed by atoms with Crippen molar-refractivity contribution in [1.29, 1.82) is 5.26 Å². The lowest BCUT2D eigenvalue weighted by molar-refractivity contribution is -0.121. The van der Waals surface area contributed by atoms with Crippen molar-refractivity contribution >= 4 is 29.3 Å². The van der Waals surface area contributed by atoms with E-state index in [0.29, 0.717) is 16.3 Å². The van der Waals surface area contributed by atoms with Gasteiger partial charge < -0.3 is 0 Å². The van der Waals surface area contributed by atoms with Crippen LogP contribution in [0.25, 0.3) is 0 Å². The quantitative estimate of drug-likeness (QED) is 0.783. The van der Waals surface area contributed by atoms with Gasteiger partial charge in [0, 0.05) is 12.1 Å². The van der Waals surface area contributed by atoms with Gasteiger partial charge in [0.15, 0.2) is 0 Å². The Bertz CT molecular complexity index is 964. The molecule has 0 bridgehead atoms. The van der Waals surface area contributed by atoms with Crippen LogP contribution >= 0.6 is 11.8 Å². The summed E-state index contributed by atoms with van der Waals surface area (Å²) in [6.07, 6.45) is 3.02. The predicted molar refractivity (Wildman–Crippen MR) is 98.9 cm³/mol. The van der Waals surface area contributed by atoms with Gasteiger partial charge in [0.25, 0.3) is 0 Å². The van der Waals surface area contributed by atoms with E-state index in [9.17, 15) is 14.9 Å². The fraction of sp³-hybridized carbons (Fsp3) is 0.300. The second-order valence-electron chi connectivity index (χ2n) is 6.63. The monoisotopic (exact) mass is 363 g/mol. The maximum atomic E-state index is 12.8. The first kappa shape index (κ1) is 16.8. The number of hydrogen-bond donors (Lipinski definition) is 0. The molecule has 0 saturated carbocycles. The number of rotatable bonds is 3. The van der Waals surface area contributed by atoms with Crippen molar-refractivity contribution in [2.45, 2.75) is 42.9 Å². The molecule has 1 aromatic carbocycles. The van der Waals surface area contributed by atoms with Crippen LogP contribution in [0.3, 0.4) is 0 Å². The third-order valence-electron chi connectivity index (χ3n) is 4.76. The molecule has 4 rings (SSSR count). The molecule has 26 heavy (non-hydrogen) atoms. The van der Waals surface area contributed by atoms with Crippen LogP contribution < -0.4 is 4.90 Å². The summed E-state index contributed by atoms with van der Waals surface area (Å²) in [6, 6.07) is 11.4. The largest absolute Gasteiger partial charge is 0.274 e. The van der Waals surface area contributed by atoms with E-state index in [2.05, 4.69) is 11.1 Å². The summed E-state index contributed by atoms with van der Waals surface area (Å²) in [5.74, 6) is -0.449. The van der Waals surface area contributed by atoms with Crippen LogP contribution in [0.2, 0.25) is 0 Å². The Morgan fingerprint density at radius 1 is 1.27 bits per heavy atom. The van der Waals surface area contributed by atoms with Crippen LogP contribution in [0.1, 0.15) is 35.2 Å². The van der Waals surface area contributed by atoms with Crippen molar-refractivity contribution in [3.8, 4) is 6.07 Å². The first-order valence-corrected chi connectivity index (χ1v) is 9.48. The molecule has 0 spiro atoms. The highest BCUT2D eigenvalue weighted by Gasteiger charge is 2.40. The van der Waals surface area contributed by atoms with E-state index >= 15 is 0 Å². The molecule has 2 amide bonds. The van der Waals surface area contributed by atoms with E-state index in [0.717, 1.165) is 36.1 Å². The number of imide groups is 1. The topological polar surface area (TPSA) is 74.1 Å². The van der Waals surface area contributed by atoms with Crippen LogP contribution in [0, 0.1) is 18.3 Å². The van der Waals surface area contributed by atoms with Gasteiger partial charge in [-0.3, -0.25) is 9.59 Å². The molecule has 1 atom stereocenters. The molecule has 2 aliphatic rings. The number of hydrogen-bond acceptors (Lipinski definition) is 5. The highest BCUT2D eigenvalue weighted by atomic mass is 32.2. The van der Waals surface area contributed by atoms with Gasteiger partial charge in [-0.05, 0) is 55.5 Å². The SMILES string of the molecule is Cc1cccc(N2C(=O)C[C@H](Sc3nc4c(cc3C#N)CCC4)C2=O)c1. The minimum atomic E-state index is -0.540. The third-order valence-corrected chi connectivity index (χ3v) is 5.94. The van der Waals surface area contributed by atoms with Gasteiger partial charge in [0.1, 0.15) is 11.1 Å². The Hall–Kier alpha value is -2.65. The van der Waals surface area contributed by atoms with E-state index in [1.165, 1.54) is 16.7 Å². The molecule has 1 aliphatic carbocycles. The molecule has 5 nitrogen and oxygen atoms in total. The maximum Gasteiger partial charge on any atom is 0.247 e. The number of carbonyl (C=O) groups excluding carboxylic acids is 2. The van der Waals surface area contributed by atoms with E-state index in [1.54, 1.807) is 6.07 Å². The lowest BCUT2D eigenvalue weighted by Gasteiger charge is -2.15. The molecule has 2 aromatic rings. The number of nitriles is 1. The molecule has 6 heteroatoms. The summed E-state index contributed by atoms with van der Waals surface area (Å²) in [7, 11) is 0. The number of aromatic nitrogens is 1. The Balaban J connectivity index is 1.62. The van der Waals surface area contributed by atoms with Gasteiger partial charge in [0.2, 0.25) is 11.8 Å². The lowest BCUT2D eigenvalue weighted by Crippen LogP contribution is -2.31. The number of benzene rings is 1. The van der Waals surface area contributed by atoms with Gasteiger partial charge in [-0.15, -0.1) is 0 Å². The third kappa shape index (κ3) is 2.89. The van der Waals surface area contributed by atoms with Crippen LogP contribution in [0.5, 0.6) is 0 Å². The number of aryl methyl sites for hydroxylation is 3. The Morgan fingerprint density at radius 2 is 2.12 bits per heavy atom. The fourth-order valence-corrected chi connectivity index (χ4v) is 4.59. The first-order chi connectivity index (χ1) is 12.6. The molecule has 0 radical (unpaired) electrons. The summed E-state index contributed by atoms with van der Waals surface area (Å²) in [5.41, 5.74) is 4.22. The second kappa shape index (κ2) is 6.58. The van der Waals surface area contributed by atoms with Crippen LogP contribution in [-0.2, 0) is 22.4 Å². The van der Waals surface area contributed by atoms with Gasteiger partial charge >= 0.3 is 0 Å². The molecule has 1 fully saturated rings. The fourth-order valence-electron chi connectivity index (χ4n) is 3.49. The molecule has 0 N–H and O–H groups in total. The van der Waals surface area contributed by atoms with Gasteiger partial charge in [-0.2, -0.15) is 5.26 Å². The minimum Gasteiger partial charge on any atom is -0.274 e. The summed E-state index contributed by atoms with van der Waals surface area (Å²) in [5, 5.41) is 9.46. The van der Waals surface area contributed by atoms with Gasteiger partial charge in [-0.25, -0.2) is 9.88 Å². The zero-order valence-corrected chi connectivity index (χ0v) is 15.2. The standard InChI is InChI=1S/C20H17N3O2S/c1-12-4-2-6-15(8-12)23-18(24)10-17(20(23)25)26-19-14(11-21)9-13-5-3-7-16(13)22-19/h2,4,6,8-9,17H,3,5,7,10H2,1H3/t17-/m0/s1. The Labute approximate surface area is 156 Å². The van der Waals surface area contributed by atoms with Crippen molar-refractivity contribution in [1.82, 2.24) is 4.98 Å². The number of pyridine rings is 1. The average molecular weight is 363 g/mol. The number of amides is 2. The summed E-state index contributed by atoms with van der Waals surface area (Å²) >= 11 is 1.24. The van der Waals surface area contributed by atoms with Crippen molar-refractivity contribution in [2.24, 2.45) is 0 Å². The Morgan fingerprint density at radius 3 is 2.88 bits per heavy atom. The van der Waals surface area contributed by atoms with Crippen LogP contribution in [-0.4, -0.2) is 22.0 Å². The normalized spacial score (nSPS) is 18.9. The summed E-state index contributed by atoms with van der Waals surface area (Å²) in [4.78, 5) is 31.2. The summed E-state index contributed by atoms with van der Waals surface area (Å²) < 4.78 is 0. The first-order valence-electron chi connectivity index (χ1n) is 8.60. The van der Waals surface area contributed by atoms with E-state index in [-0.39, 0.29) is 18.2 Å². The van der Waals surface area contributed by atoms with Crippen molar-refractivity contribution in [3.05, 3.63) is 52.7 Å². The molecule has 130 valence electrons. The van der Waals surface area contributed by atoms with Crippen LogP contribution in [0.15, 0.2) is 35.4 Å². The molecule has 0 unspecified atom stereocenters. The molecule has 1 saturated heterocycles. The second-order valence-corrected chi connectivity index (χ2v) is 7.82. The zero-order valence-electron chi connectivity index (χ0n) is 14.4. The Kier molecular flexibility index (Phi) is 4.25. The van der Waals surface area contributed by atoms with E-state index in [1.807, 2.05) is 31.2 Å². The lowest BCUT2D eigenvalue weighted by atomic mass is 10.2. The molecular formula is C20H17N3O2S. The van der Waals surface area contributed by atoms with Gasteiger partial charge in [0.05, 0.1) is 16.5 Å². The minimum absolute atomic E-state index is 0.126. The highest BCUT2D eigenvalue weighted by molar-refractivity contribution is 8.00. The molecule has 2 heterocycles. The van der Waals surface area contributed by atoms with E-state index < -0.39 is 5.25 Å². The number of thioether (sulfide) groups is 1. The molecule has 1 aromatic heterocycles. The van der Waals surface area contributed by atoms with E-state index in [4.69, 9.17) is 0 Å². The smallest absolute Gasteiger partial charge is 0.247 e. The van der Waals surface area contributed by atoms with Crippen LogP contribution in [0.4, 0.5) is 5.69 Å². The number of nitrogens with zero attached hydrogens (tertiary/aromatic N) is 3. The van der Waals surface area contributed by atoms with Crippen molar-refractivity contribution in [3.63, 3.8) is 0 Å². The zero-order chi connectivity index (χ0) is 18.3. The van der Waals surface area contributed by atoms with Gasteiger partial charge in [-0.1, -0.05) is 23.9 Å². The summed E-state index contributed by atoms with van der Waals surface area (Å²) in [6.45, 7) is 1.93. The maximum absolute atomic E-state index is 12.8.